The van der Waals surface area contributed by atoms with E-state index in [4.69, 9.17) is 0 Å². The van der Waals surface area contributed by atoms with Crippen molar-refractivity contribution in [2.45, 2.75) is 38.3 Å². The zero-order valence-corrected chi connectivity index (χ0v) is 14.9. The molecule has 1 atom stereocenters. The second-order valence-electron chi connectivity index (χ2n) is 5.77. The third kappa shape index (κ3) is 4.19. The molecular formula is C15H18F2N4O3S. The molecule has 0 radical (unpaired) electrons. The van der Waals surface area contributed by atoms with Gasteiger partial charge in [0.05, 0.1) is 0 Å². The standard InChI is InChI=1S/C15H18F2N4O3S/c1-8-5-6-11(9(2)7-8)18-14(22)10(3)21-19-12(13(16)17)15(20-21)25(4,23)24/h5-7,10,13H,1-4H3,(H,18,22)/t10-/m1/s1. The third-order valence-electron chi connectivity index (χ3n) is 3.55. The largest absolute Gasteiger partial charge is 0.324 e. The van der Waals surface area contributed by atoms with Gasteiger partial charge in [0.15, 0.2) is 15.5 Å². The number of sulfone groups is 1. The van der Waals surface area contributed by atoms with Gasteiger partial charge < -0.3 is 5.32 Å². The quantitative estimate of drug-likeness (QED) is 0.870. The molecule has 2 rings (SSSR count). The van der Waals surface area contributed by atoms with Crippen LogP contribution < -0.4 is 5.32 Å². The summed E-state index contributed by atoms with van der Waals surface area (Å²) in [6.07, 6.45) is -2.36. The average molecular weight is 372 g/mol. The molecule has 0 spiro atoms. The molecule has 0 aliphatic heterocycles. The molecule has 1 aromatic carbocycles. The molecule has 1 heterocycles. The van der Waals surface area contributed by atoms with E-state index in [1.807, 2.05) is 26.0 Å². The van der Waals surface area contributed by atoms with Crippen LogP contribution >= 0.6 is 0 Å². The summed E-state index contributed by atoms with van der Waals surface area (Å²) >= 11 is 0. The maximum absolute atomic E-state index is 13.0. The Kier molecular flexibility index (Phi) is 5.21. The normalized spacial score (nSPS) is 13.1. The van der Waals surface area contributed by atoms with Crippen molar-refractivity contribution < 1.29 is 22.0 Å². The molecule has 0 aliphatic rings. The van der Waals surface area contributed by atoms with E-state index in [1.54, 1.807) is 6.07 Å². The number of carbonyl (C=O) groups excluding carboxylic acids is 1. The summed E-state index contributed by atoms with van der Waals surface area (Å²) in [5, 5.41) is 8.90. The first kappa shape index (κ1) is 19.0. The van der Waals surface area contributed by atoms with E-state index in [-0.39, 0.29) is 0 Å². The maximum atomic E-state index is 13.0. The summed E-state index contributed by atoms with van der Waals surface area (Å²) in [6, 6.07) is 4.34. The zero-order chi connectivity index (χ0) is 18.9. The summed E-state index contributed by atoms with van der Waals surface area (Å²) in [6.45, 7) is 5.11. The molecule has 136 valence electrons. The number of benzene rings is 1. The van der Waals surface area contributed by atoms with Crippen molar-refractivity contribution >= 4 is 21.4 Å². The zero-order valence-electron chi connectivity index (χ0n) is 14.1. The number of nitrogens with one attached hydrogen (secondary N) is 1. The van der Waals surface area contributed by atoms with Gasteiger partial charge >= 0.3 is 0 Å². The number of hydrogen-bond donors (Lipinski definition) is 1. The fourth-order valence-electron chi connectivity index (χ4n) is 2.19. The lowest BCUT2D eigenvalue weighted by Gasteiger charge is -2.13. The Morgan fingerprint density at radius 2 is 1.88 bits per heavy atom. The van der Waals surface area contributed by atoms with Crippen LogP contribution in [0.2, 0.25) is 0 Å². The number of alkyl halides is 2. The Hall–Kier alpha value is -2.36. The SMILES string of the molecule is Cc1ccc(NC(=O)[C@@H](C)n2nc(C(F)F)c(S(C)(=O)=O)n2)c(C)c1. The number of aryl methyl sites for hydroxylation is 2. The number of rotatable bonds is 5. The number of nitrogens with zero attached hydrogens (tertiary/aromatic N) is 3. The Morgan fingerprint density at radius 3 is 2.36 bits per heavy atom. The lowest BCUT2D eigenvalue weighted by atomic mass is 10.1. The molecule has 2 aromatic rings. The molecule has 0 unspecified atom stereocenters. The van der Waals surface area contributed by atoms with E-state index in [0.29, 0.717) is 10.5 Å². The first-order chi connectivity index (χ1) is 11.5. The molecule has 1 N–H and O–H groups in total. The van der Waals surface area contributed by atoms with Crippen molar-refractivity contribution in [3.05, 3.63) is 35.0 Å². The summed E-state index contributed by atoms with van der Waals surface area (Å²) in [5.74, 6) is -0.553. The summed E-state index contributed by atoms with van der Waals surface area (Å²) in [5.41, 5.74) is 1.46. The van der Waals surface area contributed by atoms with Crippen molar-refractivity contribution in [2.24, 2.45) is 0 Å². The average Bonchev–Trinajstić information content (AvgIpc) is 2.94. The highest BCUT2D eigenvalue weighted by Crippen LogP contribution is 2.24. The van der Waals surface area contributed by atoms with Gasteiger partial charge in [0.2, 0.25) is 5.03 Å². The lowest BCUT2D eigenvalue weighted by molar-refractivity contribution is -0.119. The minimum absolute atomic E-state index is 0.553. The first-order valence-electron chi connectivity index (χ1n) is 7.33. The Bertz CT molecular complexity index is 909. The molecule has 10 heteroatoms. The molecule has 1 aromatic heterocycles. The van der Waals surface area contributed by atoms with Crippen molar-refractivity contribution in [1.29, 1.82) is 0 Å². The number of halogens is 2. The highest BCUT2D eigenvalue weighted by molar-refractivity contribution is 7.90. The van der Waals surface area contributed by atoms with E-state index >= 15 is 0 Å². The minimum atomic E-state index is -3.99. The third-order valence-corrected chi connectivity index (χ3v) is 4.54. The first-order valence-corrected chi connectivity index (χ1v) is 9.23. The number of carbonyl (C=O) groups is 1. The van der Waals surface area contributed by atoms with Crippen LogP contribution in [0.1, 0.15) is 36.2 Å². The predicted octanol–water partition coefficient (Wildman–Crippen LogP) is 2.44. The molecule has 0 bridgehead atoms. The van der Waals surface area contributed by atoms with Gasteiger partial charge in [-0.3, -0.25) is 4.79 Å². The summed E-state index contributed by atoms with van der Waals surface area (Å²) < 4.78 is 49.1. The highest BCUT2D eigenvalue weighted by Gasteiger charge is 2.29. The topological polar surface area (TPSA) is 94.0 Å². The van der Waals surface area contributed by atoms with Crippen molar-refractivity contribution in [3.8, 4) is 0 Å². The van der Waals surface area contributed by atoms with Crippen LogP contribution in [0.25, 0.3) is 0 Å². The van der Waals surface area contributed by atoms with E-state index in [2.05, 4.69) is 15.5 Å². The Labute approximate surface area is 144 Å². The van der Waals surface area contributed by atoms with Gasteiger partial charge in [-0.2, -0.15) is 9.90 Å². The van der Waals surface area contributed by atoms with Gasteiger partial charge in [-0.15, -0.1) is 5.10 Å². The molecule has 0 saturated heterocycles. The van der Waals surface area contributed by atoms with Gasteiger partial charge in [-0.05, 0) is 32.4 Å². The van der Waals surface area contributed by atoms with Crippen molar-refractivity contribution in [3.63, 3.8) is 0 Å². The van der Waals surface area contributed by atoms with E-state index < -0.39 is 38.9 Å². The Balaban J connectivity index is 2.30. The summed E-state index contributed by atoms with van der Waals surface area (Å²) in [7, 11) is -3.99. The van der Waals surface area contributed by atoms with Crippen LogP contribution in [0, 0.1) is 13.8 Å². The fraction of sp³-hybridized carbons (Fsp3) is 0.400. The molecule has 0 fully saturated rings. The number of amides is 1. The Morgan fingerprint density at radius 1 is 1.24 bits per heavy atom. The van der Waals surface area contributed by atoms with Crippen LogP contribution in [0.5, 0.6) is 0 Å². The molecule has 1 amide bonds. The lowest BCUT2D eigenvalue weighted by Crippen LogP contribution is -2.26. The van der Waals surface area contributed by atoms with Crippen LogP contribution in [-0.2, 0) is 14.6 Å². The molecular weight excluding hydrogens is 354 g/mol. The van der Waals surface area contributed by atoms with Crippen molar-refractivity contribution in [2.75, 3.05) is 11.6 Å². The number of hydrogen-bond acceptors (Lipinski definition) is 5. The molecule has 0 saturated carbocycles. The highest BCUT2D eigenvalue weighted by atomic mass is 32.2. The van der Waals surface area contributed by atoms with Crippen molar-refractivity contribution in [1.82, 2.24) is 15.0 Å². The second-order valence-corrected chi connectivity index (χ2v) is 7.70. The number of aromatic nitrogens is 3. The fourth-order valence-corrected chi connectivity index (χ4v) is 2.93. The van der Waals surface area contributed by atoms with Gasteiger partial charge in [0.1, 0.15) is 6.04 Å². The van der Waals surface area contributed by atoms with Gasteiger partial charge in [0.25, 0.3) is 12.3 Å². The van der Waals surface area contributed by atoms with Gasteiger partial charge in [-0.25, -0.2) is 17.2 Å². The number of anilines is 1. The van der Waals surface area contributed by atoms with Crippen LogP contribution in [0.3, 0.4) is 0 Å². The summed E-state index contributed by atoms with van der Waals surface area (Å²) in [4.78, 5) is 13.0. The molecule has 25 heavy (non-hydrogen) atoms. The van der Waals surface area contributed by atoms with E-state index in [1.165, 1.54) is 6.92 Å². The molecule has 7 nitrogen and oxygen atoms in total. The van der Waals surface area contributed by atoms with Crippen LogP contribution in [0.15, 0.2) is 23.2 Å². The smallest absolute Gasteiger partial charge is 0.285 e. The van der Waals surface area contributed by atoms with Crippen LogP contribution in [-0.4, -0.2) is 35.6 Å². The minimum Gasteiger partial charge on any atom is -0.324 e. The monoisotopic (exact) mass is 372 g/mol. The van der Waals surface area contributed by atoms with E-state index in [0.717, 1.165) is 17.4 Å². The predicted molar refractivity (Wildman–Crippen MR) is 87.3 cm³/mol. The molecule has 0 aliphatic carbocycles. The second kappa shape index (κ2) is 6.87. The van der Waals surface area contributed by atoms with Crippen LogP contribution in [0.4, 0.5) is 14.5 Å². The van der Waals surface area contributed by atoms with Gasteiger partial charge in [-0.1, -0.05) is 17.7 Å². The maximum Gasteiger partial charge on any atom is 0.285 e. The van der Waals surface area contributed by atoms with Gasteiger partial charge in [0, 0.05) is 11.9 Å². The van der Waals surface area contributed by atoms with E-state index in [9.17, 15) is 22.0 Å².